The number of fused-ring (bicyclic) bond motifs is 3. The summed E-state index contributed by atoms with van der Waals surface area (Å²) < 4.78 is 6.26. The molecule has 24 heavy (non-hydrogen) atoms. The van der Waals surface area contributed by atoms with Crippen molar-refractivity contribution in [1.82, 2.24) is 0 Å². The summed E-state index contributed by atoms with van der Waals surface area (Å²) in [5.74, 6) is 0. The summed E-state index contributed by atoms with van der Waals surface area (Å²) in [6, 6.07) is 15.6. The zero-order valence-corrected chi connectivity index (χ0v) is 16.9. The lowest BCUT2D eigenvalue weighted by atomic mass is 9.78. The van der Waals surface area contributed by atoms with Gasteiger partial charge in [0.25, 0.3) is 0 Å². The van der Waals surface area contributed by atoms with Gasteiger partial charge in [-0.05, 0) is 36.1 Å². The maximum absolute atomic E-state index is 6.26. The summed E-state index contributed by atoms with van der Waals surface area (Å²) in [5.41, 5.74) is 6.67. The molecule has 0 N–H and O–H groups in total. The van der Waals surface area contributed by atoms with Crippen LogP contribution in [0, 0.1) is 0 Å². The summed E-state index contributed by atoms with van der Waals surface area (Å²) in [4.78, 5) is 0. The molecule has 3 rings (SSSR count). The van der Waals surface area contributed by atoms with Gasteiger partial charge in [-0.2, -0.15) is 0 Å². The number of hydrogen-bond donors (Lipinski definition) is 0. The molecule has 126 valence electrons. The van der Waals surface area contributed by atoms with Crippen molar-refractivity contribution in [3.8, 4) is 11.1 Å². The Labute approximate surface area is 149 Å². The lowest BCUT2D eigenvalue weighted by molar-refractivity contribution is 0.0841. The van der Waals surface area contributed by atoms with Crippen LogP contribution in [0.3, 0.4) is 0 Å². The topological polar surface area (TPSA) is 9.23 Å². The highest BCUT2D eigenvalue weighted by Crippen LogP contribution is 2.47. The monoisotopic (exact) mass is 338 g/mol. The van der Waals surface area contributed by atoms with Gasteiger partial charge in [0, 0.05) is 10.6 Å². The predicted octanol–water partition coefficient (Wildman–Crippen LogP) is 4.42. The third-order valence-corrected chi connectivity index (χ3v) is 6.49. The average molecular weight is 338 g/mol. The Morgan fingerprint density at radius 1 is 0.917 bits per heavy atom. The highest BCUT2D eigenvalue weighted by Gasteiger charge is 2.36. The molecule has 2 aromatic carbocycles. The molecule has 0 heterocycles. The van der Waals surface area contributed by atoms with E-state index < -0.39 is 0 Å². The van der Waals surface area contributed by atoms with E-state index in [0.29, 0.717) is 7.48 Å². The van der Waals surface area contributed by atoms with E-state index in [-0.39, 0.29) is 16.2 Å². The molecule has 3 heteroatoms. The third kappa shape index (κ3) is 2.85. The van der Waals surface area contributed by atoms with Gasteiger partial charge in [-0.25, -0.2) is 0 Å². The second-order valence-corrected chi connectivity index (χ2v) is 10.0. The SMILES string of the molecule is CC1(C)c2ccccc2-c2ccc(BOC(C)(C)C(C)(C)P)cc21. The van der Waals surface area contributed by atoms with Crippen molar-refractivity contribution in [2.45, 2.75) is 57.7 Å². The van der Waals surface area contributed by atoms with E-state index in [4.69, 9.17) is 4.65 Å². The third-order valence-electron chi connectivity index (χ3n) is 5.80. The molecule has 2 aromatic rings. The van der Waals surface area contributed by atoms with Gasteiger partial charge in [0.05, 0.1) is 5.60 Å². The van der Waals surface area contributed by atoms with Crippen LogP contribution < -0.4 is 5.46 Å². The van der Waals surface area contributed by atoms with Crippen LogP contribution in [0.1, 0.15) is 52.7 Å². The van der Waals surface area contributed by atoms with Gasteiger partial charge in [-0.1, -0.05) is 75.6 Å². The molecule has 0 saturated carbocycles. The first-order valence-electron chi connectivity index (χ1n) is 8.70. The highest BCUT2D eigenvalue weighted by molar-refractivity contribution is 7.19. The minimum absolute atomic E-state index is 0.0270. The van der Waals surface area contributed by atoms with Gasteiger partial charge >= 0.3 is 7.48 Å². The van der Waals surface area contributed by atoms with E-state index in [1.807, 2.05) is 0 Å². The first kappa shape index (κ1) is 17.7. The van der Waals surface area contributed by atoms with Gasteiger partial charge in [-0.15, -0.1) is 9.24 Å². The molecule has 1 atom stereocenters. The molecule has 1 aliphatic carbocycles. The maximum Gasteiger partial charge on any atom is 0.309 e. The van der Waals surface area contributed by atoms with E-state index >= 15 is 0 Å². The fourth-order valence-corrected chi connectivity index (χ4v) is 3.37. The van der Waals surface area contributed by atoms with Crippen molar-refractivity contribution in [2.24, 2.45) is 0 Å². The Kier molecular flexibility index (Phi) is 4.22. The van der Waals surface area contributed by atoms with Crippen molar-refractivity contribution in [3.63, 3.8) is 0 Å². The van der Waals surface area contributed by atoms with Crippen LogP contribution in [0.15, 0.2) is 42.5 Å². The largest absolute Gasteiger partial charge is 0.429 e. The molecule has 1 unspecified atom stereocenters. The van der Waals surface area contributed by atoms with Crippen LogP contribution in [0.2, 0.25) is 0 Å². The van der Waals surface area contributed by atoms with Crippen LogP contribution >= 0.6 is 9.24 Å². The van der Waals surface area contributed by atoms with Crippen LogP contribution in [0.5, 0.6) is 0 Å². The van der Waals surface area contributed by atoms with Gasteiger partial charge in [0.1, 0.15) is 0 Å². The Balaban J connectivity index is 1.90. The molecule has 0 aliphatic heterocycles. The van der Waals surface area contributed by atoms with E-state index in [0.717, 1.165) is 0 Å². The minimum atomic E-state index is -0.199. The van der Waals surface area contributed by atoms with E-state index in [9.17, 15) is 0 Å². The minimum Gasteiger partial charge on any atom is -0.429 e. The van der Waals surface area contributed by atoms with Crippen LogP contribution in [0.25, 0.3) is 11.1 Å². The number of rotatable bonds is 4. The quantitative estimate of drug-likeness (QED) is 0.592. The van der Waals surface area contributed by atoms with Crippen LogP contribution in [0.4, 0.5) is 0 Å². The van der Waals surface area contributed by atoms with Gasteiger partial charge in [0.2, 0.25) is 0 Å². The fraction of sp³-hybridized carbons (Fsp3) is 0.429. The normalized spacial score (nSPS) is 15.8. The van der Waals surface area contributed by atoms with E-state index in [2.05, 4.69) is 93.2 Å². The van der Waals surface area contributed by atoms with E-state index in [1.54, 1.807) is 0 Å². The molecule has 0 aromatic heterocycles. The van der Waals surface area contributed by atoms with Crippen molar-refractivity contribution in [3.05, 3.63) is 53.6 Å². The molecule has 0 fully saturated rings. The fourth-order valence-electron chi connectivity index (χ4n) is 3.29. The highest BCUT2D eigenvalue weighted by atomic mass is 31.0. The molecule has 1 aliphatic rings. The maximum atomic E-state index is 6.26. The molecule has 0 spiro atoms. The van der Waals surface area contributed by atoms with Crippen LogP contribution in [-0.4, -0.2) is 18.2 Å². The van der Waals surface area contributed by atoms with Crippen molar-refractivity contribution >= 4 is 22.2 Å². The summed E-state index contributed by atoms with van der Waals surface area (Å²) in [7, 11) is 3.54. The van der Waals surface area contributed by atoms with Crippen molar-refractivity contribution in [2.75, 3.05) is 0 Å². The Hall–Kier alpha value is -1.11. The summed E-state index contributed by atoms with van der Waals surface area (Å²) in [6.07, 6.45) is 0. The zero-order chi connectivity index (χ0) is 17.8. The first-order valence-corrected chi connectivity index (χ1v) is 9.28. The molecular formula is C21H28BOP. The van der Waals surface area contributed by atoms with Gasteiger partial charge in [-0.3, -0.25) is 0 Å². The smallest absolute Gasteiger partial charge is 0.309 e. The van der Waals surface area contributed by atoms with Gasteiger partial charge in [0.15, 0.2) is 0 Å². The number of benzene rings is 2. The molecule has 0 radical (unpaired) electrons. The molecule has 1 nitrogen and oxygen atoms in total. The molecule has 0 saturated heterocycles. The average Bonchev–Trinajstić information content (AvgIpc) is 2.73. The molecular weight excluding hydrogens is 310 g/mol. The Morgan fingerprint density at radius 2 is 1.54 bits per heavy atom. The molecule has 0 bridgehead atoms. The van der Waals surface area contributed by atoms with Crippen LogP contribution in [-0.2, 0) is 10.1 Å². The predicted molar refractivity (Wildman–Crippen MR) is 110 cm³/mol. The summed E-state index contributed by atoms with van der Waals surface area (Å²) in [5, 5.41) is 0.0270. The van der Waals surface area contributed by atoms with Gasteiger partial charge < -0.3 is 4.65 Å². The second kappa shape index (κ2) is 5.72. The summed E-state index contributed by atoms with van der Waals surface area (Å²) >= 11 is 0. The summed E-state index contributed by atoms with van der Waals surface area (Å²) in [6.45, 7) is 13.3. The van der Waals surface area contributed by atoms with E-state index in [1.165, 1.54) is 27.7 Å². The van der Waals surface area contributed by atoms with Crippen molar-refractivity contribution in [1.29, 1.82) is 0 Å². The first-order chi connectivity index (χ1) is 11.0. The van der Waals surface area contributed by atoms with Crippen molar-refractivity contribution < 1.29 is 4.65 Å². The Bertz CT molecular complexity index is 772. The molecule has 0 amide bonds. The lowest BCUT2D eigenvalue weighted by Gasteiger charge is -2.39. The number of hydrogen-bond acceptors (Lipinski definition) is 1. The zero-order valence-electron chi connectivity index (χ0n) is 15.7. The standard InChI is InChI=1S/C21H28BOP/c1-19(2)17-10-8-7-9-15(17)16-12-11-14(13-18(16)19)22-23-20(3,4)21(5,6)24/h7-13,22H,24H2,1-6H3. The second-order valence-electron chi connectivity index (χ2n) is 8.57. The lowest BCUT2D eigenvalue weighted by Crippen LogP contribution is -2.45. The Morgan fingerprint density at radius 3 is 2.21 bits per heavy atom.